The lowest BCUT2D eigenvalue weighted by molar-refractivity contribution is -0.129. The molecule has 1 aliphatic heterocycles. The summed E-state index contributed by atoms with van der Waals surface area (Å²) in [6.45, 7) is 2.52. The van der Waals surface area contributed by atoms with E-state index in [1.54, 1.807) is 6.08 Å². The monoisotopic (exact) mass is 419 g/mol. The Hall–Kier alpha value is -2.15. The van der Waals surface area contributed by atoms with E-state index >= 15 is 0 Å². The lowest BCUT2D eigenvalue weighted by atomic mass is 10.2. The normalized spacial score (nSPS) is 15.5. The van der Waals surface area contributed by atoms with Crippen LogP contribution in [0.2, 0.25) is 0 Å². The topological polar surface area (TPSA) is 47.9 Å². The molecule has 0 saturated heterocycles. The molecule has 0 aliphatic carbocycles. The average molecular weight is 419 g/mol. The average Bonchev–Trinajstić information content (AvgIpc) is 2.89. The van der Waals surface area contributed by atoms with Crippen LogP contribution < -0.4 is 4.74 Å². The third-order valence-electron chi connectivity index (χ3n) is 3.16. The first-order chi connectivity index (χ1) is 11.2. The molecule has 0 bridgehead atoms. The zero-order valence-electron chi connectivity index (χ0n) is 12.5. The van der Waals surface area contributed by atoms with Gasteiger partial charge in [0.05, 0.1) is 6.61 Å². The lowest BCUT2D eigenvalue weighted by Gasteiger charge is -2.03. The maximum absolute atomic E-state index is 12.0. The van der Waals surface area contributed by atoms with Crippen molar-refractivity contribution in [1.82, 2.24) is 0 Å². The Morgan fingerprint density at radius 3 is 2.83 bits per heavy atom. The SMILES string of the molecule is CCOc1cccc(/C=C2\N=C(c3cccc(I)c3)OC2=O)c1. The van der Waals surface area contributed by atoms with Crippen molar-refractivity contribution in [1.29, 1.82) is 0 Å². The van der Waals surface area contributed by atoms with Gasteiger partial charge in [0, 0.05) is 9.13 Å². The Morgan fingerprint density at radius 1 is 1.22 bits per heavy atom. The number of aliphatic imine (C=N–C) groups is 1. The summed E-state index contributed by atoms with van der Waals surface area (Å²) in [6, 6.07) is 15.2. The molecule has 0 N–H and O–H groups in total. The summed E-state index contributed by atoms with van der Waals surface area (Å²) in [6.07, 6.45) is 1.70. The van der Waals surface area contributed by atoms with E-state index in [9.17, 15) is 4.79 Å². The predicted octanol–water partition coefficient (Wildman–Crippen LogP) is 4.03. The van der Waals surface area contributed by atoms with Crippen molar-refractivity contribution in [2.45, 2.75) is 6.92 Å². The highest BCUT2D eigenvalue weighted by molar-refractivity contribution is 14.1. The number of halogens is 1. The molecule has 0 spiro atoms. The van der Waals surface area contributed by atoms with Crippen molar-refractivity contribution in [2.75, 3.05) is 6.61 Å². The Kier molecular flexibility index (Phi) is 4.76. The van der Waals surface area contributed by atoms with Crippen LogP contribution in [0.1, 0.15) is 18.1 Å². The summed E-state index contributed by atoms with van der Waals surface area (Å²) >= 11 is 2.21. The predicted molar refractivity (Wildman–Crippen MR) is 97.4 cm³/mol. The number of rotatable bonds is 4. The van der Waals surface area contributed by atoms with Crippen LogP contribution in [-0.4, -0.2) is 18.5 Å². The fourth-order valence-corrected chi connectivity index (χ4v) is 2.72. The second-order valence-electron chi connectivity index (χ2n) is 4.85. The van der Waals surface area contributed by atoms with Gasteiger partial charge in [-0.05, 0) is 71.5 Å². The first-order valence-electron chi connectivity index (χ1n) is 7.17. The zero-order chi connectivity index (χ0) is 16.2. The second kappa shape index (κ2) is 6.95. The number of hydrogen-bond donors (Lipinski definition) is 0. The van der Waals surface area contributed by atoms with Crippen molar-refractivity contribution in [3.63, 3.8) is 0 Å². The van der Waals surface area contributed by atoms with E-state index in [0.29, 0.717) is 12.5 Å². The minimum atomic E-state index is -0.444. The number of hydrogen-bond acceptors (Lipinski definition) is 4. The maximum Gasteiger partial charge on any atom is 0.363 e. The lowest BCUT2D eigenvalue weighted by Crippen LogP contribution is -2.05. The summed E-state index contributed by atoms with van der Waals surface area (Å²) in [5.41, 5.74) is 1.92. The van der Waals surface area contributed by atoms with Crippen molar-refractivity contribution in [3.05, 3.63) is 68.9 Å². The molecule has 0 saturated carbocycles. The molecule has 2 aromatic rings. The van der Waals surface area contributed by atoms with E-state index < -0.39 is 5.97 Å². The molecule has 0 radical (unpaired) electrons. The smallest absolute Gasteiger partial charge is 0.363 e. The molecule has 0 atom stereocenters. The molecular formula is C18H14INO3. The van der Waals surface area contributed by atoms with Gasteiger partial charge in [-0.3, -0.25) is 0 Å². The van der Waals surface area contributed by atoms with Gasteiger partial charge in [-0.25, -0.2) is 9.79 Å². The first-order valence-corrected chi connectivity index (χ1v) is 8.25. The molecular weight excluding hydrogens is 405 g/mol. The number of carbonyl (C=O) groups is 1. The molecule has 0 aromatic heterocycles. The van der Waals surface area contributed by atoms with Gasteiger partial charge in [-0.15, -0.1) is 0 Å². The Labute approximate surface area is 148 Å². The summed E-state index contributed by atoms with van der Waals surface area (Å²) in [5, 5.41) is 0. The molecule has 1 aliphatic rings. The fraction of sp³-hybridized carbons (Fsp3) is 0.111. The number of cyclic esters (lactones) is 1. The fourth-order valence-electron chi connectivity index (χ4n) is 2.17. The number of ether oxygens (including phenoxy) is 2. The Bertz CT molecular complexity index is 811. The van der Waals surface area contributed by atoms with Gasteiger partial charge in [-0.2, -0.15) is 0 Å². The van der Waals surface area contributed by atoms with Crippen LogP contribution in [0.15, 0.2) is 59.2 Å². The highest BCUT2D eigenvalue weighted by Crippen LogP contribution is 2.22. The molecule has 4 nitrogen and oxygen atoms in total. The van der Waals surface area contributed by atoms with Crippen molar-refractivity contribution in [3.8, 4) is 5.75 Å². The quantitative estimate of drug-likeness (QED) is 0.427. The molecule has 23 heavy (non-hydrogen) atoms. The van der Waals surface area contributed by atoms with E-state index in [1.807, 2.05) is 55.5 Å². The standard InChI is InChI=1S/C18H14INO3/c1-2-22-15-8-3-5-12(9-15)10-16-18(21)23-17(20-16)13-6-4-7-14(19)11-13/h3-11H,2H2,1H3/b16-10-. The van der Waals surface area contributed by atoms with Gasteiger partial charge >= 0.3 is 5.97 Å². The van der Waals surface area contributed by atoms with Crippen molar-refractivity contribution >= 4 is 40.5 Å². The maximum atomic E-state index is 12.0. The van der Waals surface area contributed by atoms with Crippen LogP contribution in [0.3, 0.4) is 0 Å². The molecule has 2 aromatic carbocycles. The van der Waals surface area contributed by atoms with E-state index in [2.05, 4.69) is 27.6 Å². The number of benzene rings is 2. The van der Waals surface area contributed by atoms with Crippen LogP contribution >= 0.6 is 22.6 Å². The van der Waals surface area contributed by atoms with E-state index in [1.165, 1.54) is 0 Å². The molecule has 5 heteroatoms. The van der Waals surface area contributed by atoms with Gasteiger partial charge in [-0.1, -0.05) is 18.2 Å². The molecule has 0 fully saturated rings. The summed E-state index contributed by atoms with van der Waals surface area (Å²) in [5.74, 6) is 0.649. The van der Waals surface area contributed by atoms with Crippen LogP contribution in [-0.2, 0) is 9.53 Å². The van der Waals surface area contributed by atoms with E-state index in [4.69, 9.17) is 9.47 Å². The van der Waals surface area contributed by atoms with E-state index in [0.717, 1.165) is 20.4 Å². The van der Waals surface area contributed by atoms with Gasteiger partial charge in [0.1, 0.15) is 5.75 Å². The summed E-state index contributed by atoms with van der Waals surface area (Å²) in [4.78, 5) is 16.3. The van der Waals surface area contributed by atoms with Gasteiger partial charge in [0.2, 0.25) is 5.90 Å². The van der Waals surface area contributed by atoms with Gasteiger partial charge in [0.15, 0.2) is 5.70 Å². The number of carbonyl (C=O) groups excluding carboxylic acids is 1. The minimum absolute atomic E-state index is 0.285. The highest BCUT2D eigenvalue weighted by Gasteiger charge is 2.24. The van der Waals surface area contributed by atoms with Crippen molar-refractivity contribution in [2.24, 2.45) is 4.99 Å². The van der Waals surface area contributed by atoms with Crippen LogP contribution in [0.5, 0.6) is 5.75 Å². The van der Waals surface area contributed by atoms with Gasteiger partial charge < -0.3 is 9.47 Å². The first kappa shape index (κ1) is 15.7. The van der Waals surface area contributed by atoms with Crippen LogP contribution in [0.4, 0.5) is 0 Å². The van der Waals surface area contributed by atoms with Crippen LogP contribution in [0, 0.1) is 3.57 Å². The minimum Gasteiger partial charge on any atom is -0.494 e. The zero-order valence-corrected chi connectivity index (χ0v) is 14.6. The molecule has 3 rings (SSSR count). The summed E-state index contributed by atoms with van der Waals surface area (Å²) in [7, 11) is 0. The highest BCUT2D eigenvalue weighted by atomic mass is 127. The Balaban J connectivity index is 1.90. The van der Waals surface area contributed by atoms with E-state index in [-0.39, 0.29) is 5.70 Å². The molecule has 116 valence electrons. The molecule has 0 amide bonds. The van der Waals surface area contributed by atoms with Gasteiger partial charge in [0.25, 0.3) is 0 Å². The van der Waals surface area contributed by atoms with Crippen LogP contribution in [0.25, 0.3) is 6.08 Å². The third kappa shape index (κ3) is 3.79. The number of esters is 1. The summed E-state index contributed by atoms with van der Waals surface area (Å²) < 4.78 is 11.8. The second-order valence-corrected chi connectivity index (χ2v) is 6.10. The molecule has 1 heterocycles. The third-order valence-corrected chi connectivity index (χ3v) is 3.84. The molecule has 0 unspecified atom stereocenters. The van der Waals surface area contributed by atoms with Crippen molar-refractivity contribution < 1.29 is 14.3 Å². The largest absolute Gasteiger partial charge is 0.494 e. The number of nitrogens with zero attached hydrogens (tertiary/aromatic N) is 1. The Morgan fingerprint density at radius 2 is 2.04 bits per heavy atom.